The molecule has 0 aliphatic carbocycles. The van der Waals surface area contributed by atoms with Crippen LogP contribution in [-0.2, 0) is 0 Å². The first-order valence-electron chi connectivity index (χ1n) is 6.04. The summed E-state index contributed by atoms with van der Waals surface area (Å²) in [5.74, 6) is 0.739. The van der Waals surface area contributed by atoms with Gasteiger partial charge in [-0.05, 0) is 37.6 Å². The van der Waals surface area contributed by atoms with Gasteiger partial charge in [0, 0.05) is 11.1 Å². The largest absolute Gasteiger partial charge is 0.492 e. The van der Waals surface area contributed by atoms with Crippen LogP contribution >= 0.6 is 11.6 Å². The molecule has 0 aliphatic rings. The molecule has 100 valence electrons. The van der Waals surface area contributed by atoms with Crippen LogP contribution in [0.2, 0.25) is 5.02 Å². The highest BCUT2D eigenvalue weighted by atomic mass is 35.5. The molecule has 0 radical (unpaired) electrons. The Bertz CT molecular complexity index is 368. The van der Waals surface area contributed by atoms with Gasteiger partial charge in [0.05, 0.1) is 6.54 Å². The zero-order valence-corrected chi connectivity index (χ0v) is 11.5. The topological polar surface area (TPSA) is 50.4 Å². The molecule has 1 atom stereocenters. The van der Waals surface area contributed by atoms with E-state index in [4.69, 9.17) is 16.3 Å². The van der Waals surface area contributed by atoms with Crippen molar-refractivity contribution < 1.29 is 9.53 Å². The van der Waals surface area contributed by atoms with Crippen molar-refractivity contribution in [1.82, 2.24) is 10.6 Å². The highest BCUT2D eigenvalue weighted by molar-refractivity contribution is 6.30. The van der Waals surface area contributed by atoms with Crippen molar-refractivity contribution in [2.45, 2.75) is 26.3 Å². The molecule has 1 unspecified atom stereocenters. The molecule has 5 heteroatoms. The van der Waals surface area contributed by atoms with Crippen molar-refractivity contribution in [2.75, 3.05) is 13.2 Å². The van der Waals surface area contributed by atoms with Crippen LogP contribution in [0, 0.1) is 0 Å². The normalized spacial score (nSPS) is 11.7. The van der Waals surface area contributed by atoms with E-state index in [1.807, 2.05) is 13.8 Å². The molecular formula is C13H19ClN2O2. The van der Waals surface area contributed by atoms with E-state index in [1.54, 1.807) is 24.3 Å². The van der Waals surface area contributed by atoms with E-state index < -0.39 is 0 Å². The maximum atomic E-state index is 11.4. The zero-order chi connectivity index (χ0) is 13.4. The van der Waals surface area contributed by atoms with Crippen molar-refractivity contribution in [3.8, 4) is 5.75 Å². The van der Waals surface area contributed by atoms with Crippen LogP contribution in [0.1, 0.15) is 20.3 Å². The van der Waals surface area contributed by atoms with E-state index >= 15 is 0 Å². The molecule has 0 fully saturated rings. The third-order valence-corrected chi connectivity index (χ3v) is 2.71. The Balaban J connectivity index is 2.15. The summed E-state index contributed by atoms with van der Waals surface area (Å²) in [6, 6.07) is 7.13. The Kier molecular flexibility index (Phi) is 6.36. The van der Waals surface area contributed by atoms with E-state index in [2.05, 4.69) is 10.6 Å². The monoisotopic (exact) mass is 270 g/mol. The summed E-state index contributed by atoms with van der Waals surface area (Å²) >= 11 is 5.76. The number of benzene rings is 1. The summed E-state index contributed by atoms with van der Waals surface area (Å²) in [7, 11) is 0. The SMILES string of the molecule is CCC(C)NC(=O)NCCOc1ccc(Cl)cc1. The molecule has 1 aromatic carbocycles. The molecule has 0 saturated carbocycles. The maximum absolute atomic E-state index is 11.4. The first-order chi connectivity index (χ1) is 8.61. The van der Waals surface area contributed by atoms with Crippen molar-refractivity contribution in [3.63, 3.8) is 0 Å². The molecule has 1 rings (SSSR count). The Morgan fingerprint density at radius 2 is 2.06 bits per heavy atom. The van der Waals surface area contributed by atoms with Crippen LogP contribution in [0.25, 0.3) is 0 Å². The molecule has 18 heavy (non-hydrogen) atoms. The second kappa shape index (κ2) is 7.82. The molecule has 2 N–H and O–H groups in total. The summed E-state index contributed by atoms with van der Waals surface area (Å²) in [6.45, 7) is 4.87. The van der Waals surface area contributed by atoms with Gasteiger partial charge in [0.25, 0.3) is 0 Å². The Morgan fingerprint density at radius 3 is 2.67 bits per heavy atom. The van der Waals surface area contributed by atoms with Crippen LogP contribution < -0.4 is 15.4 Å². The van der Waals surface area contributed by atoms with E-state index in [0.717, 1.165) is 12.2 Å². The lowest BCUT2D eigenvalue weighted by atomic mass is 10.3. The number of urea groups is 1. The average molecular weight is 271 g/mol. The first-order valence-corrected chi connectivity index (χ1v) is 6.42. The molecule has 0 aromatic heterocycles. The van der Waals surface area contributed by atoms with Crippen LogP contribution in [-0.4, -0.2) is 25.2 Å². The van der Waals surface area contributed by atoms with Gasteiger partial charge < -0.3 is 15.4 Å². The number of ether oxygens (including phenoxy) is 1. The zero-order valence-electron chi connectivity index (χ0n) is 10.7. The van der Waals surface area contributed by atoms with Crippen LogP contribution in [0.15, 0.2) is 24.3 Å². The predicted octanol–water partition coefficient (Wildman–Crippen LogP) is 2.82. The van der Waals surface area contributed by atoms with E-state index in [1.165, 1.54) is 0 Å². The number of carbonyl (C=O) groups excluding carboxylic acids is 1. The maximum Gasteiger partial charge on any atom is 0.315 e. The van der Waals surface area contributed by atoms with Gasteiger partial charge in [0.1, 0.15) is 12.4 Å². The highest BCUT2D eigenvalue weighted by Crippen LogP contribution is 2.14. The van der Waals surface area contributed by atoms with Crippen LogP contribution in [0.3, 0.4) is 0 Å². The minimum absolute atomic E-state index is 0.163. The van der Waals surface area contributed by atoms with Crippen molar-refractivity contribution >= 4 is 17.6 Å². The van der Waals surface area contributed by atoms with Gasteiger partial charge in [-0.15, -0.1) is 0 Å². The fourth-order valence-electron chi connectivity index (χ4n) is 1.24. The minimum atomic E-state index is -0.163. The van der Waals surface area contributed by atoms with Gasteiger partial charge in [-0.3, -0.25) is 0 Å². The third kappa shape index (κ3) is 5.77. The second-order valence-electron chi connectivity index (χ2n) is 4.01. The average Bonchev–Trinajstić information content (AvgIpc) is 2.36. The molecule has 0 bridgehead atoms. The molecule has 0 aliphatic heterocycles. The van der Waals surface area contributed by atoms with Gasteiger partial charge in [-0.25, -0.2) is 4.79 Å². The number of halogens is 1. The molecule has 0 spiro atoms. The molecule has 1 aromatic rings. The van der Waals surface area contributed by atoms with Gasteiger partial charge in [0.15, 0.2) is 0 Å². The second-order valence-corrected chi connectivity index (χ2v) is 4.45. The Hall–Kier alpha value is -1.42. The number of amides is 2. The summed E-state index contributed by atoms with van der Waals surface area (Å²) in [5.41, 5.74) is 0. The molecule has 0 saturated heterocycles. The van der Waals surface area contributed by atoms with Gasteiger partial charge >= 0.3 is 6.03 Å². The standard InChI is InChI=1S/C13H19ClN2O2/c1-3-10(2)16-13(17)15-8-9-18-12-6-4-11(14)5-7-12/h4-7,10H,3,8-9H2,1-2H3,(H2,15,16,17). The van der Waals surface area contributed by atoms with Gasteiger partial charge in [-0.1, -0.05) is 18.5 Å². The summed E-state index contributed by atoms with van der Waals surface area (Å²) < 4.78 is 5.44. The summed E-state index contributed by atoms with van der Waals surface area (Å²) in [6.07, 6.45) is 0.911. The third-order valence-electron chi connectivity index (χ3n) is 2.46. The molecule has 4 nitrogen and oxygen atoms in total. The minimum Gasteiger partial charge on any atom is -0.492 e. The van der Waals surface area contributed by atoms with Crippen LogP contribution in [0.4, 0.5) is 4.79 Å². The quantitative estimate of drug-likeness (QED) is 0.781. The van der Waals surface area contributed by atoms with Crippen LogP contribution in [0.5, 0.6) is 5.75 Å². The number of rotatable bonds is 6. The predicted molar refractivity (Wildman–Crippen MR) is 73.2 cm³/mol. The fourth-order valence-corrected chi connectivity index (χ4v) is 1.37. The number of carbonyl (C=O) groups is 1. The molecule has 0 heterocycles. The van der Waals surface area contributed by atoms with Crippen molar-refractivity contribution in [2.24, 2.45) is 0 Å². The Labute approximate surface area is 113 Å². The van der Waals surface area contributed by atoms with E-state index in [-0.39, 0.29) is 12.1 Å². The molecule has 2 amide bonds. The molecular weight excluding hydrogens is 252 g/mol. The van der Waals surface area contributed by atoms with Gasteiger partial charge in [0.2, 0.25) is 0 Å². The number of nitrogens with one attached hydrogen (secondary N) is 2. The summed E-state index contributed by atoms with van der Waals surface area (Å²) in [5, 5.41) is 6.22. The van der Waals surface area contributed by atoms with E-state index in [9.17, 15) is 4.79 Å². The van der Waals surface area contributed by atoms with Crippen molar-refractivity contribution in [3.05, 3.63) is 29.3 Å². The first kappa shape index (κ1) is 14.6. The van der Waals surface area contributed by atoms with E-state index in [0.29, 0.717) is 18.2 Å². The smallest absolute Gasteiger partial charge is 0.315 e. The lowest BCUT2D eigenvalue weighted by Crippen LogP contribution is -2.41. The van der Waals surface area contributed by atoms with Gasteiger partial charge in [-0.2, -0.15) is 0 Å². The number of hydrogen-bond donors (Lipinski definition) is 2. The Morgan fingerprint density at radius 1 is 1.39 bits per heavy atom. The van der Waals surface area contributed by atoms with Crippen molar-refractivity contribution in [1.29, 1.82) is 0 Å². The lowest BCUT2D eigenvalue weighted by molar-refractivity contribution is 0.233. The number of hydrogen-bond acceptors (Lipinski definition) is 2. The summed E-state index contributed by atoms with van der Waals surface area (Å²) in [4.78, 5) is 11.4. The highest BCUT2D eigenvalue weighted by Gasteiger charge is 2.03. The lowest BCUT2D eigenvalue weighted by Gasteiger charge is -2.12. The fraction of sp³-hybridized carbons (Fsp3) is 0.462.